The van der Waals surface area contributed by atoms with Crippen LogP contribution in [0.1, 0.15) is 134 Å². The van der Waals surface area contributed by atoms with E-state index in [1.807, 2.05) is 0 Å². The Labute approximate surface area is 647 Å². The molecule has 0 heterocycles. The van der Waals surface area contributed by atoms with Gasteiger partial charge in [0.1, 0.15) is 22.4 Å². The van der Waals surface area contributed by atoms with Crippen molar-refractivity contribution in [3.8, 4) is 0 Å². The fourth-order valence-electron chi connectivity index (χ4n) is 8.35. The Morgan fingerprint density at radius 3 is 0.541 bits per heavy atom. The molecule has 0 aromatic heterocycles. The van der Waals surface area contributed by atoms with Crippen LogP contribution in [0.4, 0.5) is 19.2 Å². The number of hydrogen-bond donors (Lipinski definition) is 8. The van der Waals surface area contributed by atoms with Crippen molar-refractivity contribution >= 4 is 48.0 Å². The highest BCUT2D eigenvalue weighted by atomic mass is 16.6. The quantitative estimate of drug-likeness (QED) is 0.0316. The molecule has 0 aliphatic rings. The maximum absolute atomic E-state index is 12.4. The highest BCUT2D eigenvalue weighted by molar-refractivity contribution is 5.77. The van der Waals surface area contributed by atoms with E-state index in [9.17, 15) is 38.4 Å². The van der Waals surface area contributed by atoms with Crippen molar-refractivity contribution in [3.63, 3.8) is 0 Å². The summed E-state index contributed by atoms with van der Waals surface area (Å²) in [5.41, 5.74) is -3.17. The van der Waals surface area contributed by atoms with Crippen molar-refractivity contribution in [2.24, 2.45) is 5.41 Å². The fourth-order valence-corrected chi connectivity index (χ4v) is 8.35. The third-order valence-corrected chi connectivity index (χ3v) is 13.3. The Balaban J connectivity index is 5.37. The summed E-state index contributed by atoms with van der Waals surface area (Å²) in [5, 5.41) is 22.0. The highest BCUT2D eigenvalue weighted by Gasteiger charge is 2.33. The molecule has 0 aliphatic carbocycles. The first kappa shape index (κ1) is 103. The van der Waals surface area contributed by atoms with E-state index in [1.165, 1.54) is 0 Å². The fraction of sp³-hybridized carbons (Fsp3) is 0.890. The molecule has 640 valence electrons. The second-order valence-corrected chi connectivity index (χ2v) is 28.6. The van der Waals surface area contributed by atoms with Crippen LogP contribution in [0.3, 0.4) is 0 Å². The summed E-state index contributed by atoms with van der Waals surface area (Å²) in [6.45, 7) is 32.8. The molecule has 109 heavy (non-hydrogen) atoms. The van der Waals surface area contributed by atoms with Crippen molar-refractivity contribution in [2.75, 3.05) is 264 Å². The Morgan fingerprint density at radius 1 is 0.193 bits per heavy atom. The Hall–Kier alpha value is -5.68. The van der Waals surface area contributed by atoms with E-state index in [1.54, 1.807) is 83.1 Å². The van der Waals surface area contributed by atoms with E-state index >= 15 is 0 Å². The Morgan fingerprint density at radius 2 is 0.358 bits per heavy atom. The predicted molar refractivity (Wildman–Crippen MR) is 401 cm³/mol. The number of carbonyl (C=O) groups is 8. The Bertz CT molecular complexity index is 1980. The van der Waals surface area contributed by atoms with Gasteiger partial charge in [-0.25, -0.2) is 19.2 Å². The molecule has 36 heteroatoms. The van der Waals surface area contributed by atoms with Crippen molar-refractivity contribution in [3.05, 3.63) is 0 Å². The molecular formula is C73H140N8O28. The Kier molecular flexibility index (Phi) is 64.4. The lowest BCUT2D eigenvalue weighted by molar-refractivity contribution is -0.123. The third-order valence-electron chi connectivity index (χ3n) is 13.3. The van der Waals surface area contributed by atoms with Crippen molar-refractivity contribution < 1.29 is 133 Å². The average Bonchev–Trinajstić information content (AvgIpc) is 0.867. The van der Waals surface area contributed by atoms with Gasteiger partial charge in [-0.05, 0) is 109 Å². The maximum Gasteiger partial charge on any atom is 0.407 e. The topological polar surface area (TPSA) is 417 Å². The van der Waals surface area contributed by atoms with Crippen LogP contribution in [0.5, 0.6) is 0 Å². The molecule has 36 nitrogen and oxygen atoms in total. The molecule has 0 rings (SSSR count). The van der Waals surface area contributed by atoms with Gasteiger partial charge in [0.15, 0.2) is 0 Å². The van der Waals surface area contributed by atoms with Crippen molar-refractivity contribution in [2.45, 2.75) is 157 Å². The van der Waals surface area contributed by atoms with Gasteiger partial charge in [0, 0.05) is 104 Å². The van der Waals surface area contributed by atoms with E-state index in [-0.39, 0.29) is 155 Å². The standard InChI is InChI=1S/C73H140N8O28/c1-69(2,3)106-65(86)78-25-37-98-45-41-94-33-17-61(82)74-21-13-29-90-49-53-102-57-73(58-103-54-50-91-30-14-22-75-62(83)18-34-95-42-46-99-38-26-79-66(87)107-70(4,5)6,59-104-55-51-92-31-15-23-76-63(84)19-35-96-43-47-100-39-27-80-67(88)108-71(7,8)9)60-105-56-52-93-32-16-24-77-64(85)20-36-97-44-48-101-40-28-81-68(89)109-72(10,11)12/h13-60H2,1-12H3,(H,74,82)(H,75,83)(H,76,84)(H,77,85)(H,78,86)(H,79,87)(H,80,88)(H,81,89). The molecule has 0 radical (unpaired) electrons. The van der Waals surface area contributed by atoms with Gasteiger partial charge < -0.3 is 137 Å². The van der Waals surface area contributed by atoms with Gasteiger partial charge >= 0.3 is 24.4 Å². The summed E-state index contributed by atoms with van der Waals surface area (Å²) >= 11 is 0. The predicted octanol–water partition coefficient (Wildman–Crippen LogP) is 3.92. The van der Waals surface area contributed by atoms with E-state index in [4.69, 9.17) is 94.7 Å². The van der Waals surface area contributed by atoms with Crippen LogP contribution in [-0.4, -0.2) is 334 Å². The minimum atomic E-state index is -0.827. The zero-order valence-corrected chi connectivity index (χ0v) is 67.9. The van der Waals surface area contributed by atoms with Gasteiger partial charge in [0.25, 0.3) is 0 Å². The molecule has 0 spiro atoms. The normalized spacial score (nSPS) is 11.9. The van der Waals surface area contributed by atoms with Crippen LogP contribution in [0.2, 0.25) is 0 Å². The van der Waals surface area contributed by atoms with Crippen LogP contribution in [0.15, 0.2) is 0 Å². The second kappa shape index (κ2) is 68.0. The summed E-state index contributed by atoms with van der Waals surface area (Å²) in [5.74, 6) is -0.626. The lowest BCUT2D eigenvalue weighted by atomic mass is 9.92. The molecule has 0 bridgehead atoms. The first-order valence-corrected chi connectivity index (χ1v) is 38.2. The molecule has 0 fully saturated rings. The summed E-state index contributed by atoms with van der Waals surface area (Å²) < 4.78 is 113. The van der Waals surface area contributed by atoms with E-state index < -0.39 is 52.2 Å². The van der Waals surface area contributed by atoms with Crippen LogP contribution in [-0.2, 0) is 114 Å². The van der Waals surface area contributed by atoms with Crippen LogP contribution in [0, 0.1) is 5.41 Å². The SMILES string of the molecule is CC(C)(C)OC(=O)NCCOCCOCCC(=O)NCCCOCCOCC(COCCOCCCNC(=O)CCOCCOCCNC(=O)OC(C)(C)C)(COCCOCCCNC(=O)CCOCCOCCNC(=O)OC(C)(C)C)COCCOCCCNC(=O)CCOCCOCCNC(=O)OC(C)(C)C. The number of amides is 8. The summed E-state index contributed by atoms with van der Waals surface area (Å²) in [6, 6.07) is 0. The average molecular weight is 1580 g/mol. The molecule has 0 aromatic carbocycles. The number of rotatable bonds is 72. The summed E-state index contributed by atoms with van der Waals surface area (Å²) in [4.78, 5) is 96.7. The number of nitrogens with one attached hydrogen (secondary N) is 8. The zero-order chi connectivity index (χ0) is 80.9. The van der Waals surface area contributed by atoms with Crippen LogP contribution < -0.4 is 42.5 Å². The number of alkyl carbamates (subject to hydrolysis) is 4. The zero-order valence-electron chi connectivity index (χ0n) is 67.9. The molecule has 8 amide bonds. The van der Waals surface area contributed by atoms with Crippen LogP contribution >= 0.6 is 0 Å². The molecule has 8 N–H and O–H groups in total. The molecule has 0 aliphatic heterocycles. The first-order valence-electron chi connectivity index (χ1n) is 38.2. The molecule has 0 aromatic rings. The monoisotopic (exact) mass is 1580 g/mol. The molecular weight excluding hydrogens is 1440 g/mol. The van der Waals surface area contributed by atoms with Gasteiger partial charge in [0.2, 0.25) is 23.6 Å². The smallest absolute Gasteiger partial charge is 0.407 e. The third kappa shape index (κ3) is 78.8. The molecule has 0 saturated carbocycles. The van der Waals surface area contributed by atoms with E-state index in [0.717, 1.165) is 0 Å². The highest BCUT2D eigenvalue weighted by Crippen LogP contribution is 2.21. The van der Waals surface area contributed by atoms with E-state index in [0.29, 0.717) is 184 Å². The van der Waals surface area contributed by atoms with Gasteiger partial charge in [-0.2, -0.15) is 0 Å². The first-order chi connectivity index (χ1) is 52.0. The van der Waals surface area contributed by atoms with Gasteiger partial charge in [-0.15, -0.1) is 0 Å². The number of hydrogen-bond acceptors (Lipinski definition) is 28. The van der Waals surface area contributed by atoms with E-state index in [2.05, 4.69) is 42.5 Å². The minimum Gasteiger partial charge on any atom is -0.444 e. The number of carbonyl (C=O) groups excluding carboxylic acids is 8. The molecule has 0 saturated heterocycles. The molecule has 0 atom stereocenters. The van der Waals surface area contributed by atoms with Crippen molar-refractivity contribution in [1.29, 1.82) is 0 Å². The largest absolute Gasteiger partial charge is 0.444 e. The minimum absolute atomic E-state index is 0.156. The van der Waals surface area contributed by atoms with Gasteiger partial charge in [0.05, 0.1) is 190 Å². The summed E-state index contributed by atoms with van der Waals surface area (Å²) in [7, 11) is 0. The van der Waals surface area contributed by atoms with Crippen LogP contribution in [0.25, 0.3) is 0 Å². The lowest BCUT2D eigenvalue weighted by Crippen LogP contribution is -2.43. The lowest BCUT2D eigenvalue weighted by Gasteiger charge is -2.33. The van der Waals surface area contributed by atoms with Gasteiger partial charge in [-0.1, -0.05) is 0 Å². The number of ether oxygens (including phenoxy) is 20. The van der Waals surface area contributed by atoms with Crippen molar-refractivity contribution in [1.82, 2.24) is 42.5 Å². The second-order valence-electron chi connectivity index (χ2n) is 28.6. The molecule has 0 unspecified atom stereocenters. The summed E-state index contributed by atoms with van der Waals surface area (Å²) in [6.07, 6.45) is 0.936. The maximum atomic E-state index is 12.4. The van der Waals surface area contributed by atoms with Gasteiger partial charge in [-0.3, -0.25) is 19.2 Å².